The van der Waals surface area contributed by atoms with Gasteiger partial charge < -0.3 is 11.5 Å². The molecule has 0 spiro atoms. The SMILES string of the molecule is NCCc1cccc(-c2ccc(C(F)(F)F)c(S(=O)OCN)c2-c2nn[nH]n2)c1. The first-order valence-corrected chi connectivity index (χ1v) is 9.46. The first-order valence-electron chi connectivity index (χ1n) is 8.39. The van der Waals surface area contributed by atoms with Crippen molar-refractivity contribution >= 4 is 11.1 Å². The van der Waals surface area contributed by atoms with Crippen molar-refractivity contribution in [2.75, 3.05) is 13.3 Å². The predicted molar refractivity (Wildman–Crippen MR) is 99.4 cm³/mol. The Hall–Kier alpha value is -2.67. The number of nitrogens with one attached hydrogen (secondary N) is 1. The molecule has 2 aromatic carbocycles. The standard InChI is InChI=1S/C17H17F3N6O2S/c18-17(19,20)13-5-4-12(11-3-1-2-10(8-11)6-7-21)14(16-23-25-26-24-16)15(13)29(27)28-9-22/h1-5,8H,6-7,9,21-22H2,(H,23,24,25,26). The summed E-state index contributed by atoms with van der Waals surface area (Å²) in [4.78, 5) is -0.619. The fourth-order valence-electron chi connectivity index (χ4n) is 2.89. The summed E-state index contributed by atoms with van der Waals surface area (Å²) in [6, 6.07) is 9.23. The second-order valence-electron chi connectivity index (χ2n) is 5.86. The number of hydrogen-bond acceptors (Lipinski definition) is 7. The Morgan fingerprint density at radius 3 is 2.59 bits per heavy atom. The Morgan fingerprint density at radius 2 is 1.97 bits per heavy atom. The first kappa shape index (κ1) is 21.0. The zero-order chi connectivity index (χ0) is 21.0. The normalized spacial score (nSPS) is 12.9. The average molecular weight is 426 g/mol. The van der Waals surface area contributed by atoms with Crippen molar-refractivity contribution in [2.24, 2.45) is 11.5 Å². The van der Waals surface area contributed by atoms with Crippen LogP contribution in [0.4, 0.5) is 13.2 Å². The summed E-state index contributed by atoms with van der Waals surface area (Å²) in [5.74, 6) is -0.153. The minimum atomic E-state index is -4.79. The molecule has 0 radical (unpaired) electrons. The second-order valence-corrected chi connectivity index (χ2v) is 6.97. The van der Waals surface area contributed by atoms with Crippen molar-refractivity contribution in [1.29, 1.82) is 0 Å². The molecule has 0 saturated heterocycles. The molecular formula is C17H17F3N6O2S. The molecule has 0 amide bonds. The van der Waals surface area contributed by atoms with E-state index in [1.54, 1.807) is 18.2 Å². The van der Waals surface area contributed by atoms with Crippen molar-refractivity contribution in [3.63, 3.8) is 0 Å². The van der Waals surface area contributed by atoms with Crippen molar-refractivity contribution in [2.45, 2.75) is 17.5 Å². The third-order valence-electron chi connectivity index (χ3n) is 4.04. The van der Waals surface area contributed by atoms with Crippen LogP contribution in [0.15, 0.2) is 41.3 Å². The number of aromatic amines is 1. The van der Waals surface area contributed by atoms with E-state index in [1.807, 2.05) is 6.07 Å². The monoisotopic (exact) mass is 426 g/mol. The van der Waals surface area contributed by atoms with E-state index >= 15 is 0 Å². The summed E-state index contributed by atoms with van der Waals surface area (Å²) in [6.07, 6.45) is -4.21. The van der Waals surface area contributed by atoms with Gasteiger partial charge in [-0.05, 0) is 40.9 Å². The van der Waals surface area contributed by atoms with Crippen molar-refractivity contribution < 1.29 is 21.6 Å². The molecule has 3 rings (SSSR count). The number of halogens is 3. The maximum Gasteiger partial charge on any atom is 0.417 e. The molecule has 0 bridgehead atoms. The van der Waals surface area contributed by atoms with Gasteiger partial charge in [-0.3, -0.25) is 4.18 Å². The van der Waals surface area contributed by atoms with Gasteiger partial charge in [0.25, 0.3) is 0 Å². The lowest BCUT2D eigenvalue weighted by Gasteiger charge is -2.18. The quantitative estimate of drug-likeness (QED) is 0.492. The van der Waals surface area contributed by atoms with Gasteiger partial charge in [0.15, 0.2) is 11.1 Å². The summed E-state index contributed by atoms with van der Waals surface area (Å²) >= 11 is -2.52. The number of tetrazole rings is 1. The highest BCUT2D eigenvalue weighted by molar-refractivity contribution is 7.80. The highest BCUT2D eigenvalue weighted by Crippen LogP contribution is 2.42. The van der Waals surface area contributed by atoms with Gasteiger partial charge in [0.1, 0.15) is 6.73 Å². The Labute approximate surface area is 166 Å². The van der Waals surface area contributed by atoms with Crippen LogP contribution < -0.4 is 11.5 Å². The van der Waals surface area contributed by atoms with Crippen molar-refractivity contribution in [3.05, 3.63) is 47.5 Å². The van der Waals surface area contributed by atoms with Crippen molar-refractivity contribution in [3.8, 4) is 22.5 Å². The smallest absolute Gasteiger partial charge is 0.330 e. The van der Waals surface area contributed by atoms with E-state index in [4.69, 9.17) is 15.7 Å². The first-order chi connectivity index (χ1) is 13.9. The van der Waals surface area contributed by atoms with Gasteiger partial charge in [-0.1, -0.05) is 30.3 Å². The van der Waals surface area contributed by atoms with Crippen LogP contribution in [-0.2, 0) is 27.9 Å². The van der Waals surface area contributed by atoms with Crippen LogP contribution in [-0.4, -0.2) is 38.1 Å². The molecule has 8 nitrogen and oxygen atoms in total. The average Bonchev–Trinajstić information content (AvgIpc) is 3.21. The fraction of sp³-hybridized carbons (Fsp3) is 0.235. The van der Waals surface area contributed by atoms with E-state index < -0.39 is 34.4 Å². The van der Waals surface area contributed by atoms with Crippen LogP contribution in [0.5, 0.6) is 0 Å². The van der Waals surface area contributed by atoms with Gasteiger partial charge in [0.05, 0.1) is 10.5 Å². The van der Waals surface area contributed by atoms with Gasteiger partial charge >= 0.3 is 6.18 Å². The van der Waals surface area contributed by atoms with Gasteiger partial charge in [-0.15, -0.1) is 10.2 Å². The Bertz CT molecular complexity index is 1010. The predicted octanol–water partition coefficient (Wildman–Crippen LogP) is 2.01. The van der Waals surface area contributed by atoms with E-state index in [0.29, 0.717) is 24.1 Å². The molecule has 1 heterocycles. The molecule has 1 atom stereocenters. The number of alkyl halides is 3. The molecule has 3 aromatic rings. The summed E-state index contributed by atoms with van der Waals surface area (Å²) in [5.41, 5.74) is 11.4. The van der Waals surface area contributed by atoms with E-state index in [0.717, 1.165) is 11.6 Å². The van der Waals surface area contributed by atoms with Crippen LogP contribution in [0.1, 0.15) is 11.1 Å². The third-order valence-corrected chi connectivity index (χ3v) is 5.15. The lowest BCUT2D eigenvalue weighted by Crippen LogP contribution is -2.16. The van der Waals surface area contributed by atoms with Crippen LogP contribution in [0.25, 0.3) is 22.5 Å². The number of nitrogens with two attached hydrogens (primary N) is 2. The van der Waals surface area contributed by atoms with E-state index in [-0.39, 0.29) is 11.4 Å². The molecule has 0 aliphatic heterocycles. The molecule has 0 saturated carbocycles. The minimum Gasteiger partial charge on any atom is -0.330 e. The van der Waals surface area contributed by atoms with Gasteiger partial charge in [-0.2, -0.15) is 18.4 Å². The molecule has 0 aliphatic rings. The second kappa shape index (κ2) is 8.78. The number of rotatable bonds is 7. The van der Waals surface area contributed by atoms with Gasteiger partial charge in [0.2, 0.25) is 5.82 Å². The van der Waals surface area contributed by atoms with Crippen LogP contribution in [0, 0.1) is 0 Å². The molecular weight excluding hydrogens is 409 g/mol. The van der Waals surface area contributed by atoms with E-state index in [9.17, 15) is 17.4 Å². The van der Waals surface area contributed by atoms with E-state index in [1.165, 1.54) is 6.07 Å². The molecule has 154 valence electrons. The number of nitrogens with zero attached hydrogens (tertiary/aromatic N) is 3. The lowest BCUT2D eigenvalue weighted by molar-refractivity contribution is -0.139. The topological polar surface area (TPSA) is 133 Å². The summed E-state index contributed by atoms with van der Waals surface area (Å²) in [7, 11) is 0. The van der Waals surface area contributed by atoms with Gasteiger partial charge in [-0.25, -0.2) is 4.21 Å². The third kappa shape index (κ3) is 4.50. The largest absolute Gasteiger partial charge is 0.417 e. The highest BCUT2D eigenvalue weighted by atomic mass is 32.2. The Morgan fingerprint density at radius 1 is 1.17 bits per heavy atom. The molecule has 1 aromatic heterocycles. The maximum absolute atomic E-state index is 13.7. The van der Waals surface area contributed by atoms with Crippen molar-refractivity contribution in [1.82, 2.24) is 20.6 Å². The number of hydrogen-bond donors (Lipinski definition) is 3. The van der Waals surface area contributed by atoms with Crippen LogP contribution >= 0.6 is 0 Å². The molecule has 29 heavy (non-hydrogen) atoms. The number of aromatic nitrogens is 4. The maximum atomic E-state index is 13.7. The summed E-state index contributed by atoms with van der Waals surface area (Å²) in [5, 5.41) is 13.2. The zero-order valence-electron chi connectivity index (χ0n) is 14.9. The number of H-pyrrole nitrogens is 1. The van der Waals surface area contributed by atoms with E-state index in [2.05, 4.69) is 20.6 Å². The lowest BCUT2D eigenvalue weighted by atomic mass is 9.95. The Balaban J connectivity index is 2.34. The molecule has 0 fully saturated rings. The van der Waals surface area contributed by atoms with Crippen LogP contribution in [0.2, 0.25) is 0 Å². The molecule has 5 N–H and O–H groups in total. The highest BCUT2D eigenvalue weighted by Gasteiger charge is 2.38. The molecule has 12 heteroatoms. The molecule has 0 aliphatic carbocycles. The number of benzene rings is 2. The van der Waals surface area contributed by atoms with Crippen LogP contribution in [0.3, 0.4) is 0 Å². The summed E-state index contributed by atoms with van der Waals surface area (Å²) < 4.78 is 58.4. The molecule has 1 unspecified atom stereocenters. The zero-order valence-corrected chi connectivity index (χ0v) is 15.8. The fourth-order valence-corrected chi connectivity index (χ4v) is 3.86. The van der Waals surface area contributed by atoms with Gasteiger partial charge in [0, 0.05) is 5.56 Å². The summed E-state index contributed by atoms with van der Waals surface area (Å²) in [6.45, 7) is -0.125. The Kier molecular flexibility index (Phi) is 6.37. The minimum absolute atomic E-state index is 0.106.